The van der Waals surface area contributed by atoms with Crippen molar-refractivity contribution >= 4 is 0 Å². The molecule has 1 aliphatic rings. The summed E-state index contributed by atoms with van der Waals surface area (Å²) in [5, 5.41) is 3.58. The summed E-state index contributed by atoms with van der Waals surface area (Å²) in [6, 6.07) is 26.5. The van der Waals surface area contributed by atoms with Gasteiger partial charge in [0.1, 0.15) is 0 Å². The highest BCUT2D eigenvalue weighted by Gasteiger charge is 2.26. The lowest BCUT2D eigenvalue weighted by molar-refractivity contribution is 0.0700. The maximum atomic E-state index is 6.28. The third-order valence-corrected chi connectivity index (χ3v) is 6.84. The van der Waals surface area contributed by atoms with Gasteiger partial charge in [-0.25, -0.2) is 0 Å². The second-order valence-electron chi connectivity index (χ2n) is 9.22. The number of benzene rings is 3. The third kappa shape index (κ3) is 6.54. The van der Waals surface area contributed by atoms with E-state index in [1.165, 1.54) is 33.4 Å². The lowest BCUT2D eigenvalue weighted by Gasteiger charge is -2.32. The van der Waals surface area contributed by atoms with Gasteiger partial charge in [-0.05, 0) is 72.0 Å². The van der Waals surface area contributed by atoms with Crippen molar-refractivity contribution in [2.24, 2.45) is 5.92 Å². The summed E-state index contributed by atoms with van der Waals surface area (Å²) in [4.78, 5) is 0. The molecule has 0 amide bonds. The maximum absolute atomic E-state index is 6.28. The van der Waals surface area contributed by atoms with Crippen LogP contribution in [-0.4, -0.2) is 33.4 Å². The van der Waals surface area contributed by atoms with Crippen LogP contribution in [0.1, 0.15) is 41.0 Å². The first-order valence-corrected chi connectivity index (χ1v) is 12.3. The highest BCUT2D eigenvalue weighted by atomic mass is 16.5. The van der Waals surface area contributed by atoms with Crippen LogP contribution in [0.3, 0.4) is 0 Å². The molecule has 1 aliphatic heterocycles. The summed E-state index contributed by atoms with van der Waals surface area (Å²) >= 11 is 0. The summed E-state index contributed by atoms with van der Waals surface area (Å²) in [5.74, 6) is 1.01. The van der Waals surface area contributed by atoms with Crippen LogP contribution in [-0.2, 0) is 22.5 Å². The Labute approximate surface area is 199 Å². The average Bonchev–Trinajstić information content (AvgIpc) is 2.87. The molecule has 1 saturated heterocycles. The zero-order chi connectivity index (χ0) is 22.9. The molecule has 3 aromatic rings. The van der Waals surface area contributed by atoms with E-state index >= 15 is 0 Å². The van der Waals surface area contributed by atoms with Gasteiger partial charge < -0.3 is 14.8 Å². The van der Waals surface area contributed by atoms with Crippen LogP contribution < -0.4 is 5.32 Å². The number of hydrogen-bond acceptors (Lipinski definition) is 3. The SMILES string of the molecule is COCCCc1cc(COC[C@H]2CNCC[C@@H]2c2cccc(-c3ccccc3)c2)ccc1C. The Morgan fingerprint density at radius 3 is 2.64 bits per heavy atom. The van der Waals surface area contributed by atoms with Gasteiger partial charge in [-0.15, -0.1) is 0 Å². The zero-order valence-corrected chi connectivity index (χ0v) is 20.1. The van der Waals surface area contributed by atoms with Gasteiger partial charge in [-0.2, -0.15) is 0 Å². The molecule has 1 heterocycles. The smallest absolute Gasteiger partial charge is 0.0717 e. The minimum atomic E-state index is 0.483. The van der Waals surface area contributed by atoms with Crippen LogP contribution in [0.15, 0.2) is 72.8 Å². The van der Waals surface area contributed by atoms with E-state index in [1.54, 1.807) is 7.11 Å². The van der Waals surface area contributed by atoms with Crippen LogP contribution in [0.2, 0.25) is 0 Å². The minimum Gasteiger partial charge on any atom is -0.385 e. The number of methoxy groups -OCH3 is 1. The van der Waals surface area contributed by atoms with Crippen molar-refractivity contribution < 1.29 is 9.47 Å². The van der Waals surface area contributed by atoms with Gasteiger partial charge in [-0.1, -0.05) is 72.8 Å². The van der Waals surface area contributed by atoms with Gasteiger partial charge in [0, 0.05) is 26.2 Å². The number of rotatable bonds is 10. The van der Waals surface area contributed by atoms with E-state index in [1.807, 2.05) is 0 Å². The number of nitrogens with one attached hydrogen (secondary N) is 1. The molecule has 0 saturated carbocycles. The molecule has 1 fully saturated rings. The van der Waals surface area contributed by atoms with Crippen LogP contribution in [0.4, 0.5) is 0 Å². The van der Waals surface area contributed by atoms with Crippen LogP contribution >= 0.6 is 0 Å². The monoisotopic (exact) mass is 443 g/mol. The van der Waals surface area contributed by atoms with Gasteiger partial charge in [0.05, 0.1) is 13.2 Å². The zero-order valence-electron chi connectivity index (χ0n) is 20.1. The molecule has 0 unspecified atom stereocenters. The molecule has 0 bridgehead atoms. The molecule has 3 aromatic carbocycles. The summed E-state index contributed by atoms with van der Waals surface area (Å²) in [5.41, 5.74) is 8.03. The number of ether oxygens (including phenoxy) is 2. The van der Waals surface area contributed by atoms with Gasteiger partial charge in [0.2, 0.25) is 0 Å². The largest absolute Gasteiger partial charge is 0.385 e. The summed E-state index contributed by atoms with van der Waals surface area (Å²) < 4.78 is 11.5. The highest BCUT2D eigenvalue weighted by molar-refractivity contribution is 5.64. The van der Waals surface area contributed by atoms with Crippen molar-refractivity contribution in [3.8, 4) is 11.1 Å². The second-order valence-corrected chi connectivity index (χ2v) is 9.22. The van der Waals surface area contributed by atoms with E-state index in [0.717, 1.165) is 45.6 Å². The van der Waals surface area contributed by atoms with Crippen molar-refractivity contribution in [2.75, 3.05) is 33.4 Å². The van der Waals surface area contributed by atoms with Gasteiger partial charge in [0.15, 0.2) is 0 Å². The lowest BCUT2D eigenvalue weighted by atomic mass is 9.81. The molecule has 33 heavy (non-hydrogen) atoms. The Morgan fingerprint density at radius 2 is 1.79 bits per heavy atom. The summed E-state index contributed by atoms with van der Waals surface area (Å²) in [7, 11) is 1.77. The van der Waals surface area contributed by atoms with E-state index in [2.05, 4.69) is 85.0 Å². The van der Waals surface area contributed by atoms with Gasteiger partial charge in [-0.3, -0.25) is 0 Å². The first-order chi connectivity index (χ1) is 16.2. The average molecular weight is 444 g/mol. The summed E-state index contributed by atoms with van der Waals surface area (Å²) in [6.45, 7) is 6.53. The van der Waals surface area contributed by atoms with Crippen LogP contribution in [0, 0.1) is 12.8 Å². The number of hydrogen-bond donors (Lipinski definition) is 1. The van der Waals surface area contributed by atoms with Crippen molar-refractivity contribution in [2.45, 2.75) is 38.7 Å². The third-order valence-electron chi connectivity index (χ3n) is 6.84. The van der Waals surface area contributed by atoms with Crippen LogP contribution in [0.25, 0.3) is 11.1 Å². The van der Waals surface area contributed by atoms with Crippen molar-refractivity contribution in [1.29, 1.82) is 0 Å². The molecule has 0 spiro atoms. The lowest BCUT2D eigenvalue weighted by Crippen LogP contribution is -2.37. The molecular formula is C30H37NO2. The molecule has 3 nitrogen and oxygen atoms in total. The molecule has 2 atom stereocenters. The van der Waals surface area contributed by atoms with E-state index < -0.39 is 0 Å². The van der Waals surface area contributed by atoms with Crippen molar-refractivity contribution in [3.05, 3.63) is 95.1 Å². The molecule has 174 valence electrons. The Bertz CT molecular complexity index is 1000. The van der Waals surface area contributed by atoms with Gasteiger partial charge >= 0.3 is 0 Å². The molecule has 0 aliphatic carbocycles. The molecule has 3 heteroatoms. The Morgan fingerprint density at radius 1 is 0.939 bits per heavy atom. The first-order valence-electron chi connectivity index (χ1n) is 12.3. The molecule has 0 radical (unpaired) electrons. The Hall–Kier alpha value is -2.46. The van der Waals surface area contributed by atoms with Crippen LogP contribution in [0.5, 0.6) is 0 Å². The molecule has 4 rings (SSSR count). The number of piperidine rings is 1. The first kappa shape index (κ1) is 23.7. The van der Waals surface area contributed by atoms with E-state index in [0.29, 0.717) is 18.4 Å². The van der Waals surface area contributed by atoms with E-state index in [9.17, 15) is 0 Å². The highest BCUT2D eigenvalue weighted by Crippen LogP contribution is 2.33. The van der Waals surface area contributed by atoms with Crippen molar-refractivity contribution in [3.63, 3.8) is 0 Å². The fourth-order valence-corrected chi connectivity index (χ4v) is 4.94. The Kier molecular flexibility index (Phi) is 8.71. The predicted octanol–water partition coefficient (Wildman–Crippen LogP) is 6.15. The van der Waals surface area contributed by atoms with E-state index in [-0.39, 0.29) is 0 Å². The standard InChI is InChI=1S/C30H37NO2/c1-23-13-14-24(18-26(23)12-7-17-32-2)21-33-22-29-20-31-16-15-30(29)28-11-6-10-27(19-28)25-8-4-3-5-9-25/h3-6,8-11,13-14,18-19,29-31H,7,12,15-17,20-22H2,1-2H3/t29-,30-/m1/s1. The van der Waals surface area contributed by atoms with E-state index in [4.69, 9.17) is 9.47 Å². The Balaban J connectivity index is 1.38. The fourth-order valence-electron chi connectivity index (χ4n) is 4.94. The predicted molar refractivity (Wildman–Crippen MR) is 137 cm³/mol. The van der Waals surface area contributed by atoms with Crippen molar-refractivity contribution in [1.82, 2.24) is 5.32 Å². The molecule has 1 N–H and O–H groups in total. The summed E-state index contributed by atoms with van der Waals surface area (Å²) in [6.07, 6.45) is 3.26. The topological polar surface area (TPSA) is 30.5 Å². The maximum Gasteiger partial charge on any atom is 0.0717 e. The second kappa shape index (κ2) is 12.1. The minimum absolute atomic E-state index is 0.483. The normalized spacial score (nSPS) is 18.4. The molecular weight excluding hydrogens is 406 g/mol. The van der Waals surface area contributed by atoms with Gasteiger partial charge in [0.25, 0.3) is 0 Å². The fraction of sp³-hybridized carbons (Fsp3) is 0.400. The number of aryl methyl sites for hydroxylation is 2. The molecule has 0 aromatic heterocycles. The quantitative estimate of drug-likeness (QED) is 0.381.